The standard InChI is InChI=1S/C17H21N.CO2/c1-12-9-10-18-17(12)13(2)15-8-7-14-5-3-4-6-16(14)11-15;2-1-3/h3-8,11-13,17-18H,9-10H2,1-2H3;/t12-,13+,17-;/m1./s1. The number of hydrogen-bond donors (Lipinski definition) is 1. The number of rotatable bonds is 2. The van der Waals surface area contributed by atoms with Gasteiger partial charge in [0.05, 0.1) is 0 Å². The monoisotopic (exact) mass is 283 g/mol. The highest BCUT2D eigenvalue weighted by Gasteiger charge is 2.28. The molecule has 0 amide bonds. The molecular weight excluding hydrogens is 262 g/mol. The number of hydrogen-bond acceptors (Lipinski definition) is 3. The molecule has 1 fully saturated rings. The van der Waals surface area contributed by atoms with Crippen molar-refractivity contribution in [3.63, 3.8) is 0 Å². The van der Waals surface area contributed by atoms with Crippen molar-refractivity contribution in [3.05, 3.63) is 48.0 Å². The van der Waals surface area contributed by atoms with E-state index in [1.54, 1.807) is 0 Å². The minimum atomic E-state index is 0.250. The second kappa shape index (κ2) is 7.16. The Balaban J connectivity index is 0.000000497. The summed E-state index contributed by atoms with van der Waals surface area (Å²) in [5.41, 5.74) is 1.46. The largest absolute Gasteiger partial charge is 0.373 e. The number of fused-ring (bicyclic) bond motifs is 1. The van der Waals surface area contributed by atoms with Crippen molar-refractivity contribution < 1.29 is 9.59 Å². The topological polar surface area (TPSA) is 46.2 Å². The first-order valence-corrected chi connectivity index (χ1v) is 7.38. The SMILES string of the molecule is C[C@@H]1CCN[C@H]1[C@@H](C)c1ccc2ccccc2c1.O=C=O. The smallest absolute Gasteiger partial charge is 0.313 e. The molecule has 0 radical (unpaired) electrons. The molecule has 1 aliphatic heterocycles. The lowest BCUT2D eigenvalue weighted by molar-refractivity contribution is -0.191. The molecule has 0 saturated carbocycles. The van der Waals surface area contributed by atoms with Gasteiger partial charge < -0.3 is 5.32 Å². The number of nitrogens with one attached hydrogen (secondary N) is 1. The Morgan fingerprint density at radius 3 is 2.43 bits per heavy atom. The van der Waals surface area contributed by atoms with Crippen LogP contribution in [0, 0.1) is 5.92 Å². The Bertz CT molecular complexity index is 632. The second-order valence-corrected chi connectivity index (χ2v) is 5.72. The normalized spacial score (nSPS) is 22.2. The van der Waals surface area contributed by atoms with Crippen molar-refractivity contribution in [3.8, 4) is 0 Å². The van der Waals surface area contributed by atoms with Crippen LogP contribution in [0.4, 0.5) is 0 Å². The zero-order valence-corrected chi connectivity index (χ0v) is 12.5. The summed E-state index contributed by atoms with van der Waals surface area (Å²) in [4.78, 5) is 16.2. The summed E-state index contributed by atoms with van der Waals surface area (Å²) in [5, 5.41) is 6.34. The average molecular weight is 283 g/mol. The first-order valence-electron chi connectivity index (χ1n) is 7.38. The van der Waals surface area contributed by atoms with Crippen LogP contribution < -0.4 is 5.32 Å². The summed E-state index contributed by atoms with van der Waals surface area (Å²) >= 11 is 0. The Kier molecular flexibility index (Phi) is 5.26. The van der Waals surface area contributed by atoms with Crippen molar-refractivity contribution in [2.45, 2.75) is 32.2 Å². The van der Waals surface area contributed by atoms with Gasteiger partial charge in [-0.1, -0.05) is 56.3 Å². The molecule has 3 heteroatoms. The first kappa shape index (κ1) is 15.4. The maximum Gasteiger partial charge on any atom is 0.373 e. The van der Waals surface area contributed by atoms with Crippen LogP contribution in [0.1, 0.15) is 31.7 Å². The molecule has 3 rings (SSSR count). The van der Waals surface area contributed by atoms with Crippen LogP contribution >= 0.6 is 0 Å². The summed E-state index contributed by atoms with van der Waals surface area (Å²) < 4.78 is 0. The third kappa shape index (κ3) is 3.57. The van der Waals surface area contributed by atoms with Crippen molar-refractivity contribution in [2.24, 2.45) is 5.92 Å². The second-order valence-electron chi connectivity index (χ2n) is 5.72. The zero-order valence-electron chi connectivity index (χ0n) is 12.5. The van der Waals surface area contributed by atoms with Gasteiger partial charge in [0.2, 0.25) is 0 Å². The molecule has 2 aromatic rings. The number of benzene rings is 2. The summed E-state index contributed by atoms with van der Waals surface area (Å²) in [5.74, 6) is 1.37. The van der Waals surface area contributed by atoms with E-state index in [-0.39, 0.29) is 6.15 Å². The fraction of sp³-hybridized carbons (Fsp3) is 0.389. The van der Waals surface area contributed by atoms with Gasteiger partial charge in [-0.3, -0.25) is 0 Å². The van der Waals surface area contributed by atoms with Crippen LogP contribution in [0.15, 0.2) is 42.5 Å². The molecule has 1 aliphatic rings. The van der Waals surface area contributed by atoms with Gasteiger partial charge in [-0.05, 0) is 41.1 Å². The third-order valence-corrected chi connectivity index (χ3v) is 4.43. The van der Waals surface area contributed by atoms with Crippen LogP contribution in [0.5, 0.6) is 0 Å². The van der Waals surface area contributed by atoms with Crippen LogP contribution in [0.3, 0.4) is 0 Å². The first-order chi connectivity index (χ1) is 10.2. The molecule has 1 N–H and O–H groups in total. The average Bonchev–Trinajstić information content (AvgIpc) is 2.93. The Morgan fingerprint density at radius 1 is 1.14 bits per heavy atom. The maximum absolute atomic E-state index is 8.12. The molecule has 2 aromatic carbocycles. The molecule has 1 saturated heterocycles. The summed E-state index contributed by atoms with van der Waals surface area (Å²) in [7, 11) is 0. The van der Waals surface area contributed by atoms with E-state index in [4.69, 9.17) is 9.59 Å². The Hall–Kier alpha value is -1.96. The molecule has 3 atom stereocenters. The highest BCUT2D eigenvalue weighted by molar-refractivity contribution is 5.83. The van der Waals surface area contributed by atoms with Gasteiger partial charge in [0.1, 0.15) is 0 Å². The molecule has 0 aliphatic carbocycles. The molecule has 21 heavy (non-hydrogen) atoms. The minimum absolute atomic E-state index is 0.250. The molecule has 0 aromatic heterocycles. The van der Waals surface area contributed by atoms with Crippen LogP contribution in [0.25, 0.3) is 10.8 Å². The summed E-state index contributed by atoms with van der Waals surface area (Å²) in [6.07, 6.45) is 1.56. The highest BCUT2D eigenvalue weighted by Crippen LogP contribution is 2.30. The van der Waals surface area contributed by atoms with E-state index in [1.165, 1.54) is 29.3 Å². The van der Waals surface area contributed by atoms with Crippen LogP contribution in [0.2, 0.25) is 0 Å². The lowest BCUT2D eigenvalue weighted by Crippen LogP contribution is -2.31. The van der Waals surface area contributed by atoms with E-state index in [0.29, 0.717) is 12.0 Å². The third-order valence-electron chi connectivity index (χ3n) is 4.43. The van der Waals surface area contributed by atoms with Crippen molar-refractivity contribution in [1.29, 1.82) is 0 Å². The molecule has 3 nitrogen and oxygen atoms in total. The highest BCUT2D eigenvalue weighted by atomic mass is 16.2. The Morgan fingerprint density at radius 2 is 1.81 bits per heavy atom. The van der Waals surface area contributed by atoms with Gasteiger partial charge in [0, 0.05) is 6.04 Å². The predicted octanol–water partition coefficient (Wildman–Crippen LogP) is 3.36. The van der Waals surface area contributed by atoms with E-state index >= 15 is 0 Å². The minimum Gasteiger partial charge on any atom is -0.313 e. The Labute approximate surface area is 125 Å². The van der Waals surface area contributed by atoms with Gasteiger partial charge in [0.15, 0.2) is 0 Å². The zero-order chi connectivity index (χ0) is 15.2. The molecule has 0 spiro atoms. The molecule has 0 bridgehead atoms. The lowest BCUT2D eigenvalue weighted by atomic mass is 9.86. The van der Waals surface area contributed by atoms with Gasteiger partial charge in [-0.25, -0.2) is 0 Å². The van der Waals surface area contributed by atoms with Crippen LogP contribution in [-0.4, -0.2) is 18.7 Å². The van der Waals surface area contributed by atoms with Crippen molar-refractivity contribution in [2.75, 3.05) is 6.54 Å². The van der Waals surface area contributed by atoms with E-state index in [9.17, 15) is 0 Å². The van der Waals surface area contributed by atoms with Crippen LogP contribution in [-0.2, 0) is 9.59 Å². The van der Waals surface area contributed by atoms with Gasteiger partial charge in [0.25, 0.3) is 0 Å². The maximum atomic E-state index is 8.12. The van der Waals surface area contributed by atoms with Gasteiger partial charge >= 0.3 is 6.15 Å². The molecule has 0 unspecified atom stereocenters. The van der Waals surface area contributed by atoms with Gasteiger partial charge in [-0.2, -0.15) is 9.59 Å². The van der Waals surface area contributed by atoms with Crippen molar-refractivity contribution >= 4 is 16.9 Å². The summed E-state index contributed by atoms with van der Waals surface area (Å²) in [6, 6.07) is 16.1. The van der Waals surface area contributed by atoms with Gasteiger partial charge in [-0.15, -0.1) is 0 Å². The predicted molar refractivity (Wildman–Crippen MR) is 82.9 cm³/mol. The lowest BCUT2D eigenvalue weighted by Gasteiger charge is -2.24. The van der Waals surface area contributed by atoms with E-state index in [1.807, 2.05) is 0 Å². The van der Waals surface area contributed by atoms with E-state index < -0.39 is 0 Å². The fourth-order valence-corrected chi connectivity index (χ4v) is 3.23. The molecule has 110 valence electrons. The number of carbonyl (C=O) groups excluding carboxylic acids is 2. The van der Waals surface area contributed by atoms with E-state index in [2.05, 4.69) is 61.6 Å². The molecular formula is C18H21NO2. The quantitative estimate of drug-likeness (QED) is 0.919. The van der Waals surface area contributed by atoms with E-state index in [0.717, 1.165) is 5.92 Å². The van der Waals surface area contributed by atoms with Crippen molar-refractivity contribution in [1.82, 2.24) is 5.32 Å². The molecule has 1 heterocycles. The summed E-state index contributed by atoms with van der Waals surface area (Å²) in [6.45, 7) is 5.88. The fourth-order valence-electron chi connectivity index (χ4n) is 3.23.